The van der Waals surface area contributed by atoms with Crippen LogP contribution in [0.1, 0.15) is 5.56 Å². The molecule has 0 atom stereocenters. The quantitative estimate of drug-likeness (QED) is 0.847. The van der Waals surface area contributed by atoms with E-state index in [1.54, 1.807) is 0 Å². The Morgan fingerprint density at radius 1 is 1.17 bits per heavy atom. The van der Waals surface area contributed by atoms with Crippen molar-refractivity contribution >= 4 is 34.7 Å². The second-order valence-electron chi connectivity index (χ2n) is 3.75. The van der Waals surface area contributed by atoms with Crippen molar-refractivity contribution in [3.63, 3.8) is 0 Å². The molecule has 0 radical (unpaired) electrons. The number of nitrogens with one attached hydrogen (secondary N) is 1. The van der Waals surface area contributed by atoms with Gasteiger partial charge in [-0.3, -0.25) is 0 Å². The van der Waals surface area contributed by atoms with Crippen LogP contribution in [-0.2, 0) is 6.42 Å². The summed E-state index contributed by atoms with van der Waals surface area (Å²) in [5.74, 6) is 0.559. The van der Waals surface area contributed by atoms with E-state index in [0.717, 1.165) is 11.4 Å². The molecule has 1 aromatic heterocycles. The highest BCUT2D eigenvalue weighted by molar-refractivity contribution is 6.30. The van der Waals surface area contributed by atoms with Crippen LogP contribution in [0.2, 0.25) is 10.3 Å². The Kier molecular flexibility index (Phi) is 4.23. The van der Waals surface area contributed by atoms with Gasteiger partial charge in [-0.1, -0.05) is 23.7 Å². The van der Waals surface area contributed by atoms with Gasteiger partial charge in [-0.25, -0.2) is 4.98 Å². The fraction of sp³-hybridized carbons (Fsp3) is 0.167. The van der Waals surface area contributed by atoms with Crippen LogP contribution < -0.4 is 11.1 Å². The summed E-state index contributed by atoms with van der Waals surface area (Å²) in [5, 5.41) is 4.04. The summed E-state index contributed by atoms with van der Waals surface area (Å²) in [5.41, 5.74) is 7.39. The first-order chi connectivity index (χ1) is 8.65. The van der Waals surface area contributed by atoms with Crippen molar-refractivity contribution in [1.29, 1.82) is 0 Å². The van der Waals surface area contributed by atoms with E-state index < -0.39 is 0 Å². The molecule has 4 nitrogen and oxygen atoms in total. The summed E-state index contributed by atoms with van der Waals surface area (Å²) < 4.78 is 0. The molecule has 0 aliphatic rings. The highest BCUT2D eigenvalue weighted by Crippen LogP contribution is 2.16. The van der Waals surface area contributed by atoms with Gasteiger partial charge in [0.25, 0.3) is 0 Å². The van der Waals surface area contributed by atoms with Gasteiger partial charge in [0.05, 0.1) is 11.9 Å². The lowest BCUT2D eigenvalue weighted by atomic mass is 10.1. The maximum Gasteiger partial charge on any atom is 0.224 e. The number of nitrogen functional groups attached to an aromatic ring is 1. The molecule has 0 aliphatic carbocycles. The van der Waals surface area contributed by atoms with Gasteiger partial charge in [0.2, 0.25) is 5.28 Å². The van der Waals surface area contributed by atoms with E-state index >= 15 is 0 Å². The molecule has 1 aromatic carbocycles. The summed E-state index contributed by atoms with van der Waals surface area (Å²) >= 11 is 11.5. The van der Waals surface area contributed by atoms with Crippen LogP contribution in [0, 0.1) is 0 Å². The van der Waals surface area contributed by atoms with Crippen LogP contribution in [0.3, 0.4) is 0 Å². The minimum absolute atomic E-state index is 0.179. The maximum absolute atomic E-state index is 5.82. The average Bonchev–Trinajstić information content (AvgIpc) is 2.36. The predicted molar refractivity (Wildman–Crippen MR) is 75.1 cm³/mol. The first kappa shape index (κ1) is 12.9. The molecule has 0 fully saturated rings. The monoisotopic (exact) mass is 282 g/mol. The van der Waals surface area contributed by atoms with Crippen LogP contribution in [0.5, 0.6) is 0 Å². The standard InChI is InChI=1S/C12H12Cl2N4/c13-9-3-1-8(2-4-9)5-6-16-11-10(15)7-17-12(14)18-11/h1-4,7H,5-6,15H2,(H,16,17,18). The van der Waals surface area contributed by atoms with Gasteiger partial charge in [0.15, 0.2) is 5.82 Å². The molecule has 0 amide bonds. The number of hydrogen-bond donors (Lipinski definition) is 2. The molecule has 0 bridgehead atoms. The summed E-state index contributed by atoms with van der Waals surface area (Å²) in [7, 11) is 0. The summed E-state index contributed by atoms with van der Waals surface area (Å²) in [6.07, 6.45) is 2.33. The van der Waals surface area contributed by atoms with E-state index in [2.05, 4.69) is 15.3 Å². The van der Waals surface area contributed by atoms with Crippen molar-refractivity contribution < 1.29 is 0 Å². The number of nitrogens with two attached hydrogens (primary N) is 1. The zero-order chi connectivity index (χ0) is 13.0. The van der Waals surface area contributed by atoms with Gasteiger partial charge in [-0.05, 0) is 35.7 Å². The summed E-state index contributed by atoms with van der Waals surface area (Å²) in [4.78, 5) is 7.81. The van der Waals surface area contributed by atoms with E-state index in [9.17, 15) is 0 Å². The van der Waals surface area contributed by atoms with Crippen molar-refractivity contribution in [2.45, 2.75) is 6.42 Å². The van der Waals surface area contributed by atoms with Crippen molar-refractivity contribution in [3.8, 4) is 0 Å². The van der Waals surface area contributed by atoms with E-state index in [4.69, 9.17) is 28.9 Å². The molecule has 0 aliphatic heterocycles. The molecular formula is C12H12Cl2N4. The number of anilines is 2. The van der Waals surface area contributed by atoms with Gasteiger partial charge >= 0.3 is 0 Å². The highest BCUT2D eigenvalue weighted by Gasteiger charge is 2.02. The second kappa shape index (κ2) is 5.89. The van der Waals surface area contributed by atoms with Crippen LogP contribution in [0.15, 0.2) is 30.5 Å². The van der Waals surface area contributed by atoms with Crippen molar-refractivity contribution in [2.24, 2.45) is 0 Å². The molecule has 2 aromatic rings. The average molecular weight is 283 g/mol. The molecule has 18 heavy (non-hydrogen) atoms. The Morgan fingerprint density at radius 2 is 1.89 bits per heavy atom. The van der Waals surface area contributed by atoms with Gasteiger partial charge in [0, 0.05) is 11.6 Å². The third kappa shape index (κ3) is 3.48. The molecule has 0 unspecified atom stereocenters. The van der Waals surface area contributed by atoms with Crippen LogP contribution in [-0.4, -0.2) is 16.5 Å². The molecule has 0 saturated heterocycles. The van der Waals surface area contributed by atoms with Gasteiger partial charge < -0.3 is 11.1 Å². The normalized spacial score (nSPS) is 10.3. The Hall–Kier alpha value is -1.52. The third-order valence-electron chi connectivity index (χ3n) is 2.41. The Bertz CT molecular complexity index is 528. The van der Waals surface area contributed by atoms with Crippen LogP contribution >= 0.6 is 23.2 Å². The highest BCUT2D eigenvalue weighted by atomic mass is 35.5. The zero-order valence-electron chi connectivity index (χ0n) is 9.53. The second-order valence-corrected chi connectivity index (χ2v) is 4.52. The molecule has 0 spiro atoms. The molecule has 1 heterocycles. The molecule has 3 N–H and O–H groups in total. The number of nitrogens with zero attached hydrogens (tertiary/aromatic N) is 2. The van der Waals surface area contributed by atoms with Gasteiger partial charge in [-0.2, -0.15) is 4.98 Å². The van der Waals surface area contributed by atoms with E-state index in [1.807, 2.05) is 24.3 Å². The summed E-state index contributed by atoms with van der Waals surface area (Å²) in [6.45, 7) is 0.708. The van der Waals surface area contributed by atoms with E-state index in [0.29, 0.717) is 18.1 Å². The van der Waals surface area contributed by atoms with Crippen LogP contribution in [0.25, 0.3) is 0 Å². The molecule has 2 rings (SSSR count). The van der Waals surface area contributed by atoms with E-state index in [1.165, 1.54) is 11.8 Å². The minimum Gasteiger partial charge on any atom is -0.394 e. The maximum atomic E-state index is 5.82. The largest absolute Gasteiger partial charge is 0.394 e. The first-order valence-electron chi connectivity index (χ1n) is 5.41. The topological polar surface area (TPSA) is 63.8 Å². The lowest BCUT2D eigenvalue weighted by molar-refractivity contribution is 1.00. The Labute approximate surface area is 115 Å². The lowest BCUT2D eigenvalue weighted by Gasteiger charge is -2.08. The van der Waals surface area contributed by atoms with Crippen molar-refractivity contribution in [3.05, 3.63) is 46.3 Å². The van der Waals surface area contributed by atoms with E-state index in [-0.39, 0.29) is 5.28 Å². The van der Waals surface area contributed by atoms with Crippen LogP contribution in [0.4, 0.5) is 11.5 Å². The third-order valence-corrected chi connectivity index (χ3v) is 2.84. The first-order valence-corrected chi connectivity index (χ1v) is 6.17. The number of rotatable bonds is 4. The smallest absolute Gasteiger partial charge is 0.224 e. The fourth-order valence-electron chi connectivity index (χ4n) is 1.49. The van der Waals surface area contributed by atoms with Gasteiger partial charge in [-0.15, -0.1) is 0 Å². The SMILES string of the molecule is Nc1cnc(Cl)nc1NCCc1ccc(Cl)cc1. The number of hydrogen-bond acceptors (Lipinski definition) is 4. The Morgan fingerprint density at radius 3 is 2.61 bits per heavy atom. The lowest BCUT2D eigenvalue weighted by Crippen LogP contribution is -2.09. The number of aromatic nitrogens is 2. The molecular weight excluding hydrogens is 271 g/mol. The van der Waals surface area contributed by atoms with Gasteiger partial charge in [0.1, 0.15) is 0 Å². The fourth-order valence-corrected chi connectivity index (χ4v) is 1.75. The van der Waals surface area contributed by atoms with Crippen molar-refractivity contribution in [2.75, 3.05) is 17.6 Å². The number of halogens is 2. The zero-order valence-corrected chi connectivity index (χ0v) is 11.0. The molecule has 6 heteroatoms. The molecule has 0 saturated carbocycles. The minimum atomic E-state index is 0.179. The summed E-state index contributed by atoms with van der Waals surface area (Å²) in [6, 6.07) is 7.71. The Balaban J connectivity index is 1.92. The molecule has 94 valence electrons. The number of benzene rings is 1. The predicted octanol–water partition coefficient (Wildman–Crippen LogP) is 3.02. The van der Waals surface area contributed by atoms with Crippen molar-refractivity contribution in [1.82, 2.24) is 9.97 Å².